The summed E-state index contributed by atoms with van der Waals surface area (Å²) in [5, 5.41) is 0.570. The Morgan fingerprint density at radius 3 is 2.56 bits per heavy atom. The van der Waals surface area contributed by atoms with E-state index in [1.54, 1.807) is 11.8 Å². The SMILES string of the molecule is CCn1c(S[C@H](C(=O)N2CCOCC2)c2ccccc2)nc2ccccc21. The van der Waals surface area contributed by atoms with Crippen LogP contribution in [0.25, 0.3) is 11.0 Å². The number of ether oxygens (including phenoxy) is 1. The van der Waals surface area contributed by atoms with Crippen LogP contribution < -0.4 is 0 Å². The topological polar surface area (TPSA) is 47.4 Å². The molecular weight excluding hydrogens is 358 g/mol. The lowest BCUT2D eigenvalue weighted by Crippen LogP contribution is -2.42. The van der Waals surface area contributed by atoms with E-state index in [9.17, 15) is 4.79 Å². The Kier molecular flexibility index (Phi) is 5.45. The van der Waals surface area contributed by atoms with Crippen molar-refractivity contribution in [3.8, 4) is 0 Å². The van der Waals surface area contributed by atoms with Crippen molar-refractivity contribution in [2.45, 2.75) is 23.9 Å². The molecule has 0 saturated carbocycles. The molecule has 1 saturated heterocycles. The minimum atomic E-state index is -0.314. The number of nitrogens with zero attached hydrogens (tertiary/aromatic N) is 3. The lowest BCUT2D eigenvalue weighted by atomic mass is 10.1. The maximum Gasteiger partial charge on any atom is 0.240 e. The van der Waals surface area contributed by atoms with Crippen molar-refractivity contribution in [2.24, 2.45) is 0 Å². The molecule has 140 valence electrons. The molecule has 1 aromatic heterocycles. The monoisotopic (exact) mass is 381 g/mol. The van der Waals surface area contributed by atoms with E-state index in [2.05, 4.69) is 17.6 Å². The van der Waals surface area contributed by atoms with Crippen LogP contribution in [0.2, 0.25) is 0 Å². The average molecular weight is 382 g/mol. The number of benzene rings is 2. The van der Waals surface area contributed by atoms with Crippen molar-refractivity contribution in [3.63, 3.8) is 0 Å². The molecule has 1 atom stereocenters. The van der Waals surface area contributed by atoms with Crippen LogP contribution in [-0.2, 0) is 16.1 Å². The average Bonchev–Trinajstić information content (AvgIpc) is 3.10. The summed E-state index contributed by atoms with van der Waals surface area (Å²) < 4.78 is 7.60. The van der Waals surface area contributed by atoms with Gasteiger partial charge >= 0.3 is 0 Å². The maximum atomic E-state index is 13.3. The molecule has 0 radical (unpaired) electrons. The zero-order chi connectivity index (χ0) is 18.6. The maximum absolute atomic E-state index is 13.3. The number of hydrogen-bond acceptors (Lipinski definition) is 4. The quantitative estimate of drug-likeness (QED) is 0.632. The number of fused-ring (bicyclic) bond motifs is 1. The van der Waals surface area contributed by atoms with Crippen molar-refractivity contribution in [1.82, 2.24) is 14.5 Å². The van der Waals surface area contributed by atoms with Gasteiger partial charge in [-0.25, -0.2) is 4.98 Å². The Hall–Kier alpha value is -2.31. The van der Waals surface area contributed by atoms with Gasteiger partial charge in [-0.15, -0.1) is 0 Å². The zero-order valence-corrected chi connectivity index (χ0v) is 16.2. The third-order valence-electron chi connectivity index (χ3n) is 4.81. The Morgan fingerprint density at radius 2 is 1.81 bits per heavy atom. The van der Waals surface area contributed by atoms with E-state index in [0.29, 0.717) is 26.3 Å². The van der Waals surface area contributed by atoms with E-state index < -0.39 is 0 Å². The van der Waals surface area contributed by atoms with Gasteiger partial charge in [0.1, 0.15) is 5.25 Å². The minimum Gasteiger partial charge on any atom is -0.378 e. The third-order valence-corrected chi connectivity index (χ3v) is 6.04. The smallest absolute Gasteiger partial charge is 0.240 e. The summed E-state index contributed by atoms with van der Waals surface area (Å²) in [7, 11) is 0. The highest BCUT2D eigenvalue weighted by Crippen LogP contribution is 2.37. The summed E-state index contributed by atoms with van der Waals surface area (Å²) in [5.41, 5.74) is 3.08. The van der Waals surface area contributed by atoms with E-state index >= 15 is 0 Å². The Bertz CT molecular complexity index is 920. The first-order chi connectivity index (χ1) is 13.3. The number of carbonyl (C=O) groups is 1. The third kappa shape index (κ3) is 3.73. The van der Waals surface area contributed by atoms with Crippen LogP contribution in [0.1, 0.15) is 17.7 Å². The van der Waals surface area contributed by atoms with Gasteiger partial charge in [0.25, 0.3) is 0 Å². The number of para-hydroxylation sites is 2. The number of imidazole rings is 1. The number of aromatic nitrogens is 2. The first-order valence-electron chi connectivity index (χ1n) is 9.31. The van der Waals surface area contributed by atoms with Gasteiger partial charge in [0, 0.05) is 19.6 Å². The number of morpholine rings is 1. The van der Waals surface area contributed by atoms with Gasteiger partial charge in [-0.3, -0.25) is 4.79 Å². The standard InChI is InChI=1S/C21H23N3O2S/c1-2-24-18-11-7-6-10-17(18)22-21(24)27-19(16-8-4-3-5-9-16)20(25)23-12-14-26-15-13-23/h3-11,19H,2,12-15H2,1H3/t19-/m0/s1. The van der Waals surface area contributed by atoms with E-state index in [1.807, 2.05) is 53.4 Å². The van der Waals surface area contributed by atoms with Gasteiger partial charge in [0.15, 0.2) is 5.16 Å². The summed E-state index contributed by atoms with van der Waals surface area (Å²) in [5.74, 6) is 0.129. The number of rotatable bonds is 5. The van der Waals surface area contributed by atoms with Gasteiger partial charge in [-0.1, -0.05) is 54.2 Å². The molecule has 1 amide bonds. The second kappa shape index (κ2) is 8.15. The van der Waals surface area contributed by atoms with Crippen molar-refractivity contribution in [1.29, 1.82) is 0 Å². The molecule has 27 heavy (non-hydrogen) atoms. The molecule has 1 fully saturated rings. The summed E-state index contributed by atoms with van der Waals surface area (Å²) in [6.45, 7) is 5.42. The molecule has 1 aliphatic heterocycles. The van der Waals surface area contributed by atoms with Crippen molar-refractivity contribution >= 4 is 28.7 Å². The highest BCUT2D eigenvalue weighted by molar-refractivity contribution is 8.00. The van der Waals surface area contributed by atoms with E-state index in [-0.39, 0.29) is 11.2 Å². The van der Waals surface area contributed by atoms with Crippen molar-refractivity contribution < 1.29 is 9.53 Å². The fraction of sp³-hybridized carbons (Fsp3) is 0.333. The first-order valence-corrected chi connectivity index (χ1v) is 10.2. The highest BCUT2D eigenvalue weighted by atomic mass is 32.2. The number of amides is 1. The van der Waals surface area contributed by atoms with Crippen LogP contribution >= 0.6 is 11.8 Å². The summed E-state index contributed by atoms with van der Waals surface area (Å²) >= 11 is 1.54. The Labute approximate surface area is 163 Å². The predicted molar refractivity (Wildman–Crippen MR) is 108 cm³/mol. The molecule has 2 heterocycles. The molecule has 0 bridgehead atoms. The second-order valence-electron chi connectivity index (χ2n) is 6.47. The molecule has 3 aromatic rings. The van der Waals surface area contributed by atoms with Crippen LogP contribution in [0.5, 0.6) is 0 Å². The van der Waals surface area contributed by atoms with Crippen molar-refractivity contribution in [2.75, 3.05) is 26.3 Å². The van der Waals surface area contributed by atoms with Gasteiger partial charge in [-0.2, -0.15) is 0 Å². The summed E-state index contributed by atoms with van der Waals surface area (Å²) in [4.78, 5) is 20.0. The van der Waals surface area contributed by atoms with Gasteiger partial charge in [0.05, 0.1) is 24.2 Å². The van der Waals surface area contributed by atoms with Crippen LogP contribution in [0, 0.1) is 0 Å². The van der Waals surface area contributed by atoms with Gasteiger partial charge in [0.2, 0.25) is 5.91 Å². The van der Waals surface area contributed by atoms with Crippen molar-refractivity contribution in [3.05, 3.63) is 60.2 Å². The molecule has 1 aliphatic rings. The second-order valence-corrected chi connectivity index (χ2v) is 7.55. The van der Waals surface area contributed by atoms with Crippen LogP contribution in [0.3, 0.4) is 0 Å². The fourth-order valence-electron chi connectivity index (χ4n) is 3.39. The number of carbonyl (C=O) groups excluding carboxylic acids is 1. The molecule has 0 unspecified atom stereocenters. The Balaban J connectivity index is 1.70. The predicted octanol–water partition coefficient (Wildman–Crippen LogP) is 3.75. The molecule has 0 spiro atoms. The highest BCUT2D eigenvalue weighted by Gasteiger charge is 2.29. The lowest BCUT2D eigenvalue weighted by molar-refractivity contribution is -0.134. The van der Waals surface area contributed by atoms with Gasteiger partial charge in [-0.05, 0) is 24.6 Å². The Morgan fingerprint density at radius 1 is 1.11 bits per heavy atom. The van der Waals surface area contributed by atoms with E-state index in [1.165, 1.54) is 0 Å². The molecular formula is C21H23N3O2S. The minimum absolute atomic E-state index is 0.129. The fourth-order valence-corrected chi connectivity index (χ4v) is 4.65. The molecule has 6 heteroatoms. The van der Waals surface area contributed by atoms with Crippen LogP contribution in [0.15, 0.2) is 59.8 Å². The molecule has 2 aromatic carbocycles. The molecule has 0 aliphatic carbocycles. The zero-order valence-electron chi connectivity index (χ0n) is 15.4. The molecule has 0 N–H and O–H groups in total. The summed E-state index contributed by atoms with van der Waals surface area (Å²) in [6, 6.07) is 18.1. The number of thioether (sulfide) groups is 1. The lowest BCUT2D eigenvalue weighted by Gasteiger charge is -2.30. The summed E-state index contributed by atoms with van der Waals surface area (Å²) in [6.07, 6.45) is 0. The largest absolute Gasteiger partial charge is 0.378 e. The normalized spacial score (nSPS) is 15.8. The van der Waals surface area contributed by atoms with Crippen LogP contribution in [-0.4, -0.2) is 46.7 Å². The van der Waals surface area contributed by atoms with Gasteiger partial charge < -0.3 is 14.2 Å². The number of aryl methyl sites for hydroxylation is 1. The van der Waals surface area contributed by atoms with E-state index in [0.717, 1.165) is 28.3 Å². The van der Waals surface area contributed by atoms with E-state index in [4.69, 9.17) is 9.72 Å². The number of hydrogen-bond donors (Lipinski definition) is 0. The molecule has 5 nitrogen and oxygen atoms in total. The first kappa shape index (κ1) is 18.1. The molecule has 4 rings (SSSR count). The van der Waals surface area contributed by atoms with Crippen LogP contribution in [0.4, 0.5) is 0 Å².